The minimum atomic E-state index is -0.316. The zero-order chi connectivity index (χ0) is 13.8. The van der Waals surface area contributed by atoms with Gasteiger partial charge in [-0.1, -0.05) is 25.4 Å². The molecule has 0 atom stereocenters. The van der Waals surface area contributed by atoms with Gasteiger partial charge in [-0.15, -0.1) is 0 Å². The lowest BCUT2D eigenvalue weighted by molar-refractivity contribution is 0.0894. The number of carbonyl (C=O) groups excluding carboxylic acids is 1. The van der Waals surface area contributed by atoms with E-state index in [0.29, 0.717) is 17.1 Å². The summed E-state index contributed by atoms with van der Waals surface area (Å²) in [4.78, 5) is 12.3. The first-order valence-corrected chi connectivity index (χ1v) is 6.64. The van der Waals surface area contributed by atoms with Gasteiger partial charge in [0, 0.05) is 17.1 Å². The zero-order valence-corrected chi connectivity index (χ0v) is 12.0. The molecule has 0 aromatic heterocycles. The third-order valence-electron chi connectivity index (χ3n) is 3.56. The summed E-state index contributed by atoms with van der Waals surface area (Å²) >= 11 is 5.88. The molecule has 1 amide bonds. The second kappa shape index (κ2) is 6.21. The number of hydrogen-bond donors (Lipinski definition) is 2. The van der Waals surface area contributed by atoms with Crippen molar-refractivity contribution in [2.45, 2.75) is 39.2 Å². The molecule has 0 bridgehead atoms. The van der Waals surface area contributed by atoms with E-state index in [0.717, 1.165) is 18.4 Å². The van der Waals surface area contributed by atoms with Gasteiger partial charge in [0.05, 0.1) is 5.54 Å². The third-order valence-corrected chi connectivity index (χ3v) is 3.79. The molecule has 0 aliphatic rings. The van der Waals surface area contributed by atoms with Gasteiger partial charge in [-0.05, 0) is 43.5 Å². The molecule has 1 aromatic rings. The van der Waals surface area contributed by atoms with E-state index in [1.165, 1.54) is 0 Å². The van der Waals surface area contributed by atoms with Crippen LogP contribution in [0.25, 0.3) is 0 Å². The molecule has 0 heterocycles. The molecule has 1 aromatic carbocycles. The van der Waals surface area contributed by atoms with E-state index in [4.69, 9.17) is 17.3 Å². The molecule has 3 N–H and O–H groups in total. The number of nitrogens with two attached hydrogens (primary N) is 1. The molecule has 0 unspecified atom stereocenters. The zero-order valence-electron chi connectivity index (χ0n) is 11.2. The molecule has 0 spiro atoms. The second-order valence-corrected chi connectivity index (χ2v) is 5.04. The highest BCUT2D eigenvalue weighted by Crippen LogP contribution is 2.18. The van der Waals surface area contributed by atoms with Crippen LogP contribution in [0.4, 0.5) is 0 Å². The predicted molar refractivity (Wildman–Crippen MR) is 76.0 cm³/mol. The van der Waals surface area contributed by atoms with Crippen molar-refractivity contribution < 1.29 is 4.79 Å². The van der Waals surface area contributed by atoms with Crippen LogP contribution in [0.1, 0.15) is 42.6 Å². The van der Waals surface area contributed by atoms with Gasteiger partial charge in [0.25, 0.3) is 5.91 Å². The van der Waals surface area contributed by atoms with Crippen LogP contribution < -0.4 is 11.1 Å². The van der Waals surface area contributed by atoms with Crippen molar-refractivity contribution in [1.29, 1.82) is 0 Å². The number of carbonyl (C=O) groups is 1. The maximum absolute atomic E-state index is 12.3. The van der Waals surface area contributed by atoms with Crippen LogP contribution >= 0.6 is 11.6 Å². The van der Waals surface area contributed by atoms with E-state index in [9.17, 15) is 4.79 Å². The van der Waals surface area contributed by atoms with Crippen LogP contribution in [0.5, 0.6) is 0 Å². The number of benzene rings is 1. The summed E-state index contributed by atoms with van der Waals surface area (Å²) in [6, 6.07) is 5.27. The number of halogens is 1. The van der Waals surface area contributed by atoms with Gasteiger partial charge in [0.1, 0.15) is 0 Å². The Morgan fingerprint density at radius 1 is 1.39 bits per heavy atom. The lowest BCUT2D eigenvalue weighted by atomic mass is 9.92. The van der Waals surface area contributed by atoms with Gasteiger partial charge in [-0.3, -0.25) is 4.79 Å². The quantitative estimate of drug-likeness (QED) is 0.863. The lowest BCUT2D eigenvalue weighted by Crippen LogP contribution is -2.53. The Bertz CT molecular complexity index is 420. The summed E-state index contributed by atoms with van der Waals surface area (Å²) in [6.07, 6.45) is 1.64. The number of aryl methyl sites for hydroxylation is 1. The summed E-state index contributed by atoms with van der Waals surface area (Å²) < 4.78 is 0. The number of hydrogen-bond acceptors (Lipinski definition) is 2. The van der Waals surface area contributed by atoms with Crippen molar-refractivity contribution in [2.75, 3.05) is 6.54 Å². The Balaban J connectivity index is 2.94. The van der Waals surface area contributed by atoms with Crippen LogP contribution in [0, 0.1) is 6.92 Å². The standard InChI is InChI=1S/C14H21ClN2O/c1-4-14(5-2,9-16)17-13(18)12-7-6-11(15)8-10(12)3/h6-8H,4-5,9,16H2,1-3H3,(H,17,18). The first kappa shape index (κ1) is 15.0. The van der Waals surface area contributed by atoms with Crippen molar-refractivity contribution in [3.05, 3.63) is 34.3 Å². The fourth-order valence-electron chi connectivity index (χ4n) is 1.96. The molecule has 0 saturated carbocycles. The average molecular weight is 269 g/mol. The van der Waals surface area contributed by atoms with Crippen molar-refractivity contribution in [2.24, 2.45) is 5.73 Å². The maximum atomic E-state index is 12.3. The molecule has 3 nitrogen and oxygen atoms in total. The Labute approximate surface area is 114 Å². The largest absolute Gasteiger partial charge is 0.345 e. The molecule has 4 heteroatoms. The van der Waals surface area contributed by atoms with Crippen LogP contribution in [-0.4, -0.2) is 18.0 Å². The van der Waals surface area contributed by atoms with Crippen LogP contribution in [0.2, 0.25) is 5.02 Å². The normalized spacial score (nSPS) is 11.4. The number of amides is 1. The first-order chi connectivity index (χ1) is 8.48. The van der Waals surface area contributed by atoms with E-state index in [1.807, 2.05) is 20.8 Å². The molecule has 18 heavy (non-hydrogen) atoms. The first-order valence-electron chi connectivity index (χ1n) is 6.26. The summed E-state index contributed by atoms with van der Waals surface area (Å²) in [5.41, 5.74) is 6.99. The fraction of sp³-hybridized carbons (Fsp3) is 0.500. The molecule has 0 fully saturated rings. The monoisotopic (exact) mass is 268 g/mol. The van der Waals surface area contributed by atoms with Gasteiger partial charge in [-0.25, -0.2) is 0 Å². The SMILES string of the molecule is CCC(CC)(CN)NC(=O)c1ccc(Cl)cc1C. The van der Waals surface area contributed by atoms with Gasteiger partial charge in [0.2, 0.25) is 0 Å². The van der Waals surface area contributed by atoms with Gasteiger partial charge in [-0.2, -0.15) is 0 Å². The Morgan fingerprint density at radius 3 is 2.44 bits per heavy atom. The summed E-state index contributed by atoms with van der Waals surface area (Å²) in [6.45, 7) is 6.39. The smallest absolute Gasteiger partial charge is 0.252 e. The van der Waals surface area contributed by atoms with E-state index >= 15 is 0 Å². The van der Waals surface area contributed by atoms with Crippen LogP contribution in [-0.2, 0) is 0 Å². The van der Waals surface area contributed by atoms with Crippen LogP contribution in [0.3, 0.4) is 0 Å². The van der Waals surface area contributed by atoms with Crippen molar-refractivity contribution in [3.8, 4) is 0 Å². The second-order valence-electron chi connectivity index (χ2n) is 4.60. The molecular weight excluding hydrogens is 248 g/mol. The van der Waals surface area contributed by atoms with Gasteiger partial charge >= 0.3 is 0 Å². The molecule has 0 radical (unpaired) electrons. The molecule has 0 aliphatic heterocycles. The summed E-state index contributed by atoms with van der Waals surface area (Å²) in [5.74, 6) is -0.0849. The Kier molecular flexibility index (Phi) is 5.17. The van der Waals surface area contributed by atoms with E-state index in [2.05, 4.69) is 5.32 Å². The van der Waals surface area contributed by atoms with Crippen LogP contribution in [0.15, 0.2) is 18.2 Å². The summed E-state index contributed by atoms with van der Waals surface area (Å²) in [7, 11) is 0. The van der Waals surface area contributed by atoms with Crippen molar-refractivity contribution in [3.63, 3.8) is 0 Å². The third kappa shape index (κ3) is 3.24. The lowest BCUT2D eigenvalue weighted by Gasteiger charge is -2.31. The minimum absolute atomic E-state index is 0.0849. The van der Waals surface area contributed by atoms with Gasteiger partial charge < -0.3 is 11.1 Å². The molecule has 1 rings (SSSR count). The molecule has 0 saturated heterocycles. The van der Waals surface area contributed by atoms with Crippen molar-refractivity contribution in [1.82, 2.24) is 5.32 Å². The number of nitrogens with one attached hydrogen (secondary N) is 1. The topological polar surface area (TPSA) is 55.1 Å². The van der Waals surface area contributed by atoms with E-state index in [-0.39, 0.29) is 11.4 Å². The summed E-state index contributed by atoms with van der Waals surface area (Å²) in [5, 5.41) is 3.69. The Morgan fingerprint density at radius 2 is 2.00 bits per heavy atom. The predicted octanol–water partition coefficient (Wildman–Crippen LogP) is 2.90. The fourth-order valence-corrected chi connectivity index (χ4v) is 2.18. The van der Waals surface area contributed by atoms with E-state index in [1.54, 1.807) is 18.2 Å². The highest BCUT2D eigenvalue weighted by Gasteiger charge is 2.27. The molecule has 0 aliphatic carbocycles. The average Bonchev–Trinajstić information content (AvgIpc) is 2.36. The van der Waals surface area contributed by atoms with Crippen molar-refractivity contribution >= 4 is 17.5 Å². The molecular formula is C14H21ClN2O. The Hall–Kier alpha value is -1.06. The molecule has 100 valence electrons. The van der Waals surface area contributed by atoms with Gasteiger partial charge in [0.15, 0.2) is 0 Å². The highest BCUT2D eigenvalue weighted by atomic mass is 35.5. The minimum Gasteiger partial charge on any atom is -0.345 e. The number of rotatable bonds is 5. The van der Waals surface area contributed by atoms with E-state index < -0.39 is 0 Å². The maximum Gasteiger partial charge on any atom is 0.252 e. The highest BCUT2D eigenvalue weighted by molar-refractivity contribution is 6.30.